The molecule has 2 heterocycles. The number of nitrogens with zero attached hydrogens (tertiary/aromatic N) is 1. The molecule has 1 aromatic rings. The molecule has 0 aliphatic carbocycles. The monoisotopic (exact) mass is 303 g/mol. The minimum absolute atomic E-state index is 0.0430. The van der Waals surface area contributed by atoms with Crippen molar-refractivity contribution in [1.29, 1.82) is 0 Å². The molecule has 1 fully saturated rings. The van der Waals surface area contributed by atoms with Gasteiger partial charge in [0.25, 0.3) is 0 Å². The van der Waals surface area contributed by atoms with Gasteiger partial charge in [-0.3, -0.25) is 0 Å². The lowest BCUT2D eigenvalue weighted by Gasteiger charge is -2.31. The van der Waals surface area contributed by atoms with Crippen LogP contribution in [0.15, 0.2) is 15.7 Å². The number of piperidine rings is 1. The fourth-order valence-corrected chi connectivity index (χ4v) is 4.74. The Kier molecular flexibility index (Phi) is 4.83. The third-order valence-electron chi connectivity index (χ3n) is 3.31. The van der Waals surface area contributed by atoms with Gasteiger partial charge < -0.3 is 10.6 Å². The molecule has 1 aliphatic heterocycles. The van der Waals surface area contributed by atoms with Crippen molar-refractivity contribution in [2.45, 2.75) is 36.4 Å². The molecular formula is C12H21N3O2S2. The zero-order valence-corrected chi connectivity index (χ0v) is 12.8. The largest absolute Gasteiger partial charge is 0.398 e. The van der Waals surface area contributed by atoms with Crippen LogP contribution < -0.4 is 10.5 Å². The van der Waals surface area contributed by atoms with Gasteiger partial charge in [0.1, 0.15) is 4.21 Å². The van der Waals surface area contributed by atoms with E-state index in [2.05, 4.69) is 16.5 Å². The lowest BCUT2D eigenvalue weighted by atomic mass is 10.1. The molecule has 19 heavy (non-hydrogen) atoms. The molecule has 0 amide bonds. The van der Waals surface area contributed by atoms with Gasteiger partial charge in [-0.1, -0.05) is 6.92 Å². The zero-order chi connectivity index (χ0) is 13.9. The molecule has 108 valence electrons. The number of nitrogens with one attached hydrogen (secondary N) is 1. The Labute approximate surface area is 118 Å². The van der Waals surface area contributed by atoms with Crippen molar-refractivity contribution in [2.75, 3.05) is 25.4 Å². The predicted octanol–water partition coefficient (Wildman–Crippen LogP) is 1.48. The molecule has 1 saturated heterocycles. The van der Waals surface area contributed by atoms with E-state index in [0.29, 0.717) is 9.90 Å². The molecule has 0 saturated carbocycles. The Morgan fingerprint density at radius 1 is 1.47 bits per heavy atom. The van der Waals surface area contributed by atoms with Crippen LogP contribution in [0.25, 0.3) is 0 Å². The summed E-state index contributed by atoms with van der Waals surface area (Å²) in [5, 5.41) is 1.65. The zero-order valence-electron chi connectivity index (χ0n) is 11.1. The number of nitrogens with two attached hydrogens (primary N) is 1. The molecule has 1 aromatic heterocycles. The SMILES string of the molecule is CCCN1CCC(NS(=O)(=O)c2cc(N)cs2)CC1. The van der Waals surface area contributed by atoms with Crippen LogP contribution in [0.4, 0.5) is 5.69 Å². The van der Waals surface area contributed by atoms with E-state index >= 15 is 0 Å². The molecule has 5 nitrogen and oxygen atoms in total. The molecule has 2 rings (SSSR count). The molecule has 0 aromatic carbocycles. The third-order valence-corrected chi connectivity index (χ3v) is 6.29. The van der Waals surface area contributed by atoms with E-state index in [4.69, 9.17) is 5.73 Å². The number of sulfonamides is 1. The van der Waals surface area contributed by atoms with Crippen LogP contribution in [0.5, 0.6) is 0 Å². The van der Waals surface area contributed by atoms with E-state index in [0.717, 1.165) is 38.9 Å². The molecule has 0 spiro atoms. The molecule has 0 bridgehead atoms. The molecule has 1 aliphatic rings. The van der Waals surface area contributed by atoms with Gasteiger partial charge in [0.05, 0.1) is 0 Å². The lowest BCUT2D eigenvalue weighted by Crippen LogP contribution is -2.44. The summed E-state index contributed by atoms with van der Waals surface area (Å²) >= 11 is 1.17. The number of rotatable bonds is 5. The number of likely N-dealkylation sites (tertiary alicyclic amines) is 1. The summed E-state index contributed by atoms with van der Waals surface area (Å²) in [5.74, 6) is 0. The second-order valence-electron chi connectivity index (χ2n) is 4.94. The molecule has 0 radical (unpaired) electrons. The van der Waals surface area contributed by atoms with Crippen molar-refractivity contribution in [3.05, 3.63) is 11.4 Å². The lowest BCUT2D eigenvalue weighted by molar-refractivity contribution is 0.208. The first-order valence-corrected chi connectivity index (χ1v) is 8.96. The quantitative estimate of drug-likeness (QED) is 0.864. The summed E-state index contributed by atoms with van der Waals surface area (Å²) in [4.78, 5) is 2.38. The van der Waals surface area contributed by atoms with Gasteiger partial charge >= 0.3 is 0 Å². The molecule has 7 heteroatoms. The van der Waals surface area contributed by atoms with Gasteiger partial charge in [-0.15, -0.1) is 11.3 Å². The van der Waals surface area contributed by atoms with Gasteiger partial charge in [0.2, 0.25) is 10.0 Å². The molecule has 0 atom stereocenters. The second kappa shape index (κ2) is 6.21. The van der Waals surface area contributed by atoms with Crippen molar-refractivity contribution in [2.24, 2.45) is 0 Å². The summed E-state index contributed by atoms with van der Waals surface area (Å²) in [7, 11) is -3.40. The Bertz CT molecular complexity index is 505. The van der Waals surface area contributed by atoms with Gasteiger partial charge in [0.15, 0.2) is 0 Å². The third kappa shape index (κ3) is 3.92. The van der Waals surface area contributed by atoms with Crippen LogP contribution in [-0.4, -0.2) is 39.0 Å². The summed E-state index contributed by atoms with van der Waals surface area (Å²) in [6.07, 6.45) is 2.89. The van der Waals surface area contributed by atoms with Crippen molar-refractivity contribution in [1.82, 2.24) is 9.62 Å². The number of nitrogen functional groups attached to an aromatic ring is 1. The normalized spacial score (nSPS) is 18.8. The predicted molar refractivity (Wildman–Crippen MR) is 78.8 cm³/mol. The smallest absolute Gasteiger partial charge is 0.250 e. The van der Waals surface area contributed by atoms with E-state index in [-0.39, 0.29) is 6.04 Å². The van der Waals surface area contributed by atoms with E-state index in [1.807, 2.05) is 0 Å². The standard InChI is InChI=1S/C12H21N3O2S2/c1-2-5-15-6-3-11(4-7-15)14-19(16,17)12-8-10(13)9-18-12/h8-9,11,14H,2-7,13H2,1H3. The van der Waals surface area contributed by atoms with Crippen LogP contribution in [-0.2, 0) is 10.0 Å². The minimum atomic E-state index is -3.40. The van der Waals surface area contributed by atoms with Gasteiger partial charge in [0, 0.05) is 17.1 Å². The fourth-order valence-electron chi connectivity index (χ4n) is 2.34. The first-order chi connectivity index (χ1) is 9.01. The average molecular weight is 303 g/mol. The van der Waals surface area contributed by atoms with Crippen LogP contribution in [0, 0.1) is 0 Å². The maximum Gasteiger partial charge on any atom is 0.250 e. The number of hydrogen-bond donors (Lipinski definition) is 2. The maximum atomic E-state index is 12.2. The van der Waals surface area contributed by atoms with Crippen molar-refractivity contribution < 1.29 is 8.42 Å². The topological polar surface area (TPSA) is 75.4 Å². The Morgan fingerprint density at radius 3 is 2.68 bits per heavy atom. The molecular weight excluding hydrogens is 282 g/mol. The van der Waals surface area contributed by atoms with E-state index in [1.165, 1.54) is 17.4 Å². The number of thiophene rings is 1. The highest BCUT2D eigenvalue weighted by atomic mass is 32.2. The van der Waals surface area contributed by atoms with E-state index in [1.54, 1.807) is 5.38 Å². The molecule has 0 unspecified atom stereocenters. The Hall–Kier alpha value is -0.630. The fraction of sp³-hybridized carbons (Fsp3) is 0.667. The van der Waals surface area contributed by atoms with Crippen molar-refractivity contribution >= 4 is 27.0 Å². The second-order valence-corrected chi connectivity index (χ2v) is 7.79. The van der Waals surface area contributed by atoms with Crippen LogP contribution in [0.1, 0.15) is 26.2 Å². The Balaban J connectivity index is 1.92. The van der Waals surface area contributed by atoms with Gasteiger partial charge in [-0.05, 0) is 45.0 Å². The van der Waals surface area contributed by atoms with E-state index < -0.39 is 10.0 Å². The number of hydrogen-bond acceptors (Lipinski definition) is 5. The van der Waals surface area contributed by atoms with Crippen molar-refractivity contribution in [3.63, 3.8) is 0 Å². The summed E-state index contributed by atoms with van der Waals surface area (Å²) in [6.45, 7) is 5.19. The average Bonchev–Trinajstić information content (AvgIpc) is 2.79. The van der Waals surface area contributed by atoms with Gasteiger partial charge in [-0.2, -0.15) is 0 Å². The van der Waals surface area contributed by atoms with Gasteiger partial charge in [-0.25, -0.2) is 13.1 Å². The summed E-state index contributed by atoms with van der Waals surface area (Å²) in [6, 6.07) is 1.56. The summed E-state index contributed by atoms with van der Waals surface area (Å²) < 4.78 is 27.4. The summed E-state index contributed by atoms with van der Waals surface area (Å²) in [5.41, 5.74) is 6.07. The maximum absolute atomic E-state index is 12.2. The van der Waals surface area contributed by atoms with Crippen LogP contribution in [0.3, 0.4) is 0 Å². The highest BCUT2D eigenvalue weighted by Gasteiger charge is 2.25. The van der Waals surface area contributed by atoms with E-state index in [9.17, 15) is 8.42 Å². The minimum Gasteiger partial charge on any atom is -0.398 e. The first-order valence-electron chi connectivity index (χ1n) is 6.60. The van der Waals surface area contributed by atoms with Crippen molar-refractivity contribution in [3.8, 4) is 0 Å². The van der Waals surface area contributed by atoms with Crippen LogP contribution in [0.2, 0.25) is 0 Å². The molecule has 3 N–H and O–H groups in total. The highest BCUT2D eigenvalue weighted by Crippen LogP contribution is 2.22. The Morgan fingerprint density at radius 2 is 2.16 bits per heavy atom. The van der Waals surface area contributed by atoms with Crippen LogP contribution >= 0.6 is 11.3 Å². The number of anilines is 1. The first kappa shape index (κ1) is 14.8. The highest BCUT2D eigenvalue weighted by molar-refractivity contribution is 7.91.